The standard InChI is InChI=1S/C17H17F3N4O3/c18-17(19,20)10-21-16(25)12-2-1-7-23(9-12)15-6-3-11-8-13(24(26)27)4-5-14(11)22-15/h3-6,8,12H,1-2,7,9-10H2,(H,21,25). The van der Waals surface area contributed by atoms with E-state index in [1.165, 1.54) is 12.1 Å². The second-order valence-electron chi connectivity index (χ2n) is 6.42. The third kappa shape index (κ3) is 4.63. The first-order chi connectivity index (χ1) is 12.7. The van der Waals surface area contributed by atoms with Gasteiger partial charge in [0.25, 0.3) is 5.69 Å². The molecule has 1 fully saturated rings. The van der Waals surface area contributed by atoms with Gasteiger partial charge in [0.15, 0.2) is 0 Å². The van der Waals surface area contributed by atoms with Crippen molar-refractivity contribution in [1.29, 1.82) is 0 Å². The lowest BCUT2D eigenvalue weighted by atomic mass is 9.97. The van der Waals surface area contributed by atoms with Gasteiger partial charge in [-0.05, 0) is 31.0 Å². The average Bonchev–Trinajstić information content (AvgIpc) is 2.64. The number of nitrogens with zero attached hydrogens (tertiary/aromatic N) is 3. The molecule has 1 atom stereocenters. The van der Waals surface area contributed by atoms with Crippen molar-refractivity contribution in [3.8, 4) is 0 Å². The fourth-order valence-electron chi connectivity index (χ4n) is 3.12. The van der Waals surface area contributed by atoms with Gasteiger partial charge in [0, 0.05) is 30.6 Å². The molecule has 7 nitrogen and oxygen atoms in total. The summed E-state index contributed by atoms with van der Waals surface area (Å²) in [6.07, 6.45) is -3.27. The molecule has 1 aromatic carbocycles. The summed E-state index contributed by atoms with van der Waals surface area (Å²) in [6, 6.07) is 7.74. The molecule has 2 aromatic rings. The number of carbonyl (C=O) groups excluding carboxylic acids is 1. The van der Waals surface area contributed by atoms with E-state index in [0.717, 1.165) is 0 Å². The van der Waals surface area contributed by atoms with E-state index in [4.69, 9.17) is 0 Å². The molecule has 1 unspecified atom stereocenters. The van der Waals surface area contributed by atoms with Crippen LogP contribution < -0.4 is 10.2 Å². The SMILES string of the molecule is O=C(NCC(F)(F)F)C1CCCN(c2ccc3cc([N+](=O)[O-])ccc3n2)C1. The lowest BCUT2D eigenvalue weighted by Gasteiger charge is -2.33. The number of rotatable bonds is 4. The second-order valence-corrected chi connectivity index (χ2v) is 6.42. The van der Waals surface area contributed by atoms with E-state index in [-0.39, 0.29) is 12.2 Å². The van der Waals surface area contributed by atoms with Crippen molar-refractivity contribution in [1.82, 2.24) is 10.3 Å². The molecule has 10 heteroatoms. The van der Waals surface area contributed by atoms with Crippen molar-refractivity contribution in [2.75, 3.05) is 24.5 Å². The number of benzene rings is 1. The first-order valence-corrected chi connectivity index (χ1v) is 8.37. The highest BCUT2D eigenvalue weighted by Gasteiger charge is 2.31. The Balaban J connectivity index is 1.73. The minimum absolute atomic E-state index is 0.0311. The molecule has 0 radical (unpaired) electrons. The van der Waals surface area contributed by atoms with E-state index in [9.17, 15) is 28.1 Å². The van der Waals surface area contributed by atoms with Crippen LogP contribution in [0.4, 0.5) is 24.7 Å². The number of anilines is 1. The van der Waals surface area contributed by atoms with Crippen LogP contribution in [0.5, 0.6) is 0 Å². The van der Waals surface area contributed by atoms with Gasteiger partial charge in [-0.25, -0.2) is 4.98 Å². The Bertz CT molecular complexity index is 872. The molecule has 1 amide bonds. The van der Waals surface area contributed by atoms with Gasteiger partial charge in [-0.2, -0.15) is 13.2 Å². The van der Waals surface area contributed by atoms with Crippen LogP contribution in [-0.4, -0.2) is 41.6 Å². The van der Waals surface area contributed by atoms with Gasteiger partial charge in [0.2, 0.25) is 5.91 Å². The molecule has 1 aromatic heterocycles. The van der Waals surface area contributed by atoms with Gasteiger partial charge >= 0.3 is 6.18 Å². The minimum atomic E-state index is -4.44. The molecule has 1 aliphatic heterocycles. The Hall–Kier alpha value is -2.91. The van der Waals surface area contributed by atoms with Crippen LogP contribution in [0.3, 0.4) is 0 Å². The molecular formula is C17H17F3N4O3. The minimum Gasteiger partial charge on any atom is -0.356 e. The molecule has 0 spiro atoms. The quantitative estimate of drug-likeness (QED) is 0.649. The largest absolute Gasteiger partial charge is 0.405 e. The highest BCUT2D eigenvalue weighted by Crippen LogP contribution is 2.26. The number of halogens is 3. The fraction of sp³-hybridized carbons (Fsp3) is 0.412. The molecule has 144 valence electrons. The van der Waals surface area contributed by atoms with Crippen LogP contribution in [0.15, 0.2) is 30.3 Å². The maximum Gasteiger partial charge on any atom is 0.405 e. The normalized spacial score (nSPS) is 17.7. The van der Waals surface area contributed by atoms with Crippen LogP contribution in [-0.2, 0) is 4.79 Å². The maximum absolute atomic E-state index is 12.3. The van der Waals surface area contributed by atoms with Crippen LogP contribution in [0.25, 0.3) is 10.9 Å². The second kappa shape index (κ2) is 7.37. The summed E-state index contributed by atoms with van der Waals surface area (Å²) in [5.74, 6) is -0.575. The Morgan fingerprint density at radius 3 is 2.81 bits per heavy atom. The van der Waals surface area contributed by atoms with Crippen LogP contribution in [0, 0.1) is 16.0 Å². The topological polar surface area (TPSA) is 88.4 Å². The number of amides is 1. The highest BCUT2D eigenvalue weighted by atomic mass is 19.4. The summed E-state index contributed by atoms with van der Waals surface area (Å²) in [5, 5.41) is 13.4. The van der Waals surface area contributed by atoms with Crippen molar-refractivity contribution in [3.05, 3.63) is 40.4 Å². The van der Waals surface area contributed by atoms with Crippen molar-refractivity contribution in [3.63, 3.8) is 0 Å². The number of nitro groups is 1. The number of fused-ring (bicyclic) bond motifs is 1. The Kier molecular flexibility index (Phi) is 5.15. The number of non-ortho nitro benzene ring substituents is 1. The number of pyridine rings is 1. The fourth-order valence-corrected chi connectivity index (χ4v) is 3.12. The Morgan fingerprint density at radius 2 is 2.11 bits per heavy atom. The summed E-state index contributed by atoms with van der Waals surface area (Å²) < 4.78 is 36.8. The molecular weight excluding hydrogens is 365 g/mol. The van der Waals surface area contributed by atoms with E-state index in [0.29, 0.717) is 36.1 Å². The molecule has 1 aliphatic rings. The summed E-state index contributed by atoms with van der Waals surface area (Å²) in [6.45, 7) is -0.431. The molecule has 1 saturated heterocycles. The van der Waals surface area contributed by atoms with Crippen LogP contribution in [0.2, 0.25) is 0 Å². The monoisotopic (exact) mass is 382 g/mol. The smallest absolute Gasteiger partial charge is 0.356 e. The molecule has 27 heavy (non-hydrogen) atoms. The number of alkyl halides is 3. The number of hydrogen-bond donors (Lipinski definition) is 1. The highest BCUT2D eigenvalue weighted by molar-refractivity contribution is 5.83. The van der Waals surface area contributed by atoms with Crippen LogP contribution >= 0.6 is 0 Å². The predicted octanol–water partition coefficient (Wildman–Crippen LogP) is 3.04. The van der Waals surface area contributed by atoms with Crippen molar-refractivity contribution in [2.24, 2.45) is 5.92 Å². The zero-order valence-corrected chi connectivity index (χ0v) is 14.2. The first kappa shape index (κ1) is 18.9. The van der Waals surface area contributed by atoms with Crippen molar-refractivity contribution < 1.29 is 22.9 Å². The van der Waals surface area contributed by atoms with E-state index in [1.807, 2.05) is 10.2 Å². The Morgan fingerprint density at radius 1 is 1.33 bits per heavy atom. The number of aromatic nitrogens is 1. The average molecular weight is 382 g/mol. The van der Waals surface area contributed by atoms with Gasteiger partial charge in [0.05, 0.1) is 16.4 Å². The number of hydrogen-bond acceptors (Lipinski definition) is 5. The molecule has 0 bridgehead atoms. The van der Waals surface area contributed by atoms with Crippen molar-refractivity contribution >= 4 is 28.3 Å². The number of carbonyl (C=O) groups is 1. The molecule has 2 heterocycles. The zero-order chi connectivity index (χ0) is 19.6. The third-order valence-electron chi connectivity index (χ3n) is 4.45. The summed E-state index contributed by atoms with van der Waals surface area (Å²) in [5.41, 5.74) is 0.540. The van der Waals surface area contributed by atoms with Gasteiger partial charge in [-0.1, -0.05) is 0 Å². The van der Waals surface area contributed by atoms with Gasteiger partial charge < -0.3 is 10.2 Å². The number of piperidine rings is 1. The summed E-state index contributed by atoms with van der Waals surface area (Å²) >= 11 is 0. The predicted molar refractivity (Wildman–Crippen MR) is 92.4 cm³/mol. The Labute approximate surface area is 152 Å². The van der Waals surface area contributed by atoms with Crippen molar-refractivity contribution in [2.45, 2.75) is 19.0 Å². The third-order valence-corrected chi connectivity index (χ3v) is 4.45. The lowest BCUT2D eigenvalue weighted by molar-refractivity contribution is -0.384. The first-order valence-electron chi connectivity index (χ1n) is 8.37. The van der Waals surface area contributed by atoms with Crippen LogP contribution in [0.1, 0.15) is 12.8 Å². The van der Waals surface area contributed by atoms with E-state index >= 15 is 0 Å². The molecule has 0 aliphatic carbocycles. The molecule has 3 rings (SSSR count). The number of nitro benzene ring substituents is 1. The van der Waals surface area contributed by atoms with E-state index in [2.05, 4.69) is 4.98 Å². The van der Waals surface area contributed by atoms with E-state index < -0.39 is 29.5 Å². The van der Waals surface area contributed by atoms with Gasteiger partial charge in [0.1, 0.15) is 12.4 Å². The summed E-state index contributed by atoms with van der Waals surface area (Å²) in [4.78, 5) is 28.7. The maximum atomic E-state index is 12.3. The van der Waals surface area contributed by atoms with Gasteiger partial charge in [-0.3, -0.25) is 14.9 Å². The molecule has 1 N–H and O–H groups in total. The van der Waals surface area contributed by atoms with Gasteiger partial charge in [-0.15, -0.1) is 0 Å². The zero-order valence-electron chi connectivity index (χ0n) is 14.2. The number of nitrogens with one attached hydrogen (secondary N) is 1. The summed E-state index contributed by atoms with van der Waals surface area (Å²) in [7, 11) is 0. The lowest BCUT2D eigenvalue weighted by Crippen LogP contribution is -2.45. The van der Waals surface area contributed by atoms with E-state index in [1.54, 1.807) is 18.2 Å². The molecule has 0 saturated carbocycles.